The molecule has 3 rings (SSSR count). The summed E-state index contributed by atoms with van der Waals surface area (Å²) in [6, 6.07) is 16.1. The van der Waals surface area contributed by atoms with Gasteiger partial charge in [-0.25, -0.2) is 4.98 Å². The maximum atomic E-state index is 5.94. The molecule has 0 aliphatic rings. The van der Waals surface area contributed by atoms with E-state index in [1.54, 1.807) is 7.05 Å². The molecule has 7 heteroatoms. The minimum Gasteiger partial charge on any atom is -0.489 e. The van der Waals surface area contributed by atoms with E-state index in [0.717, 1.165) is 41.5 Å². The summed E-state index contributed by atoms with van der Waals surface area (Å²) in [5, 5.41) is 6.61. The van der Waals surface area contributed by atoms with Gasteiger partial charge in [0, 0.05) is 20.0 Å². The van der Waals surface area contributed by atoms with Gasteiger partial charge < -0.3 is 20.4 Å². The Morgan fingerprint density at radius 2 is 2.00 bits per heavy atom. The van der Waals surface area contributed by atoms with E-state index < -0.39 is 0 Å². The molecule has 0 fully saturated rings. The molecule has 150 valence electrons. The van der Waals surface area contributed by atoms with Crippen molar-refractivity contribution in [3.63, 3.8) is 0 Å². The average molecular weight is 493 g/mol. The van der Waals surface area contributed by atoms with Crippen molar-refractivity contribution in [1.29, 1.82) is 0 Å². The maximum absolute atomic E-state index is 5.94. The zero-order valence-electron chi connectivity index (χ0n) is 16.5. The van der Waals surface area contributed by atoms with Crippen LogP contribution in [-0.4, -0.2) is 42.2 Å². The molecule has 3 aromatic rings. The smallest absolute Gasteiger partial charge is 0.191 e. The van der Waals surface area contributed by atoms with Gasteiger partial charge in [0.1, 0.15) is 17.7 Å². The van der Waals surface area contributed by atoms with Crippen LogP contribution in [0.5, 0.6) is 5.75 Å². The minimum absolute atomic E-state index is 0. The van der Waals surface area contributed by atoms with Crippen molar-refractivity contribution >= 4 is 41.0 Å². The number of hydrogen-bond donors (Lipinski definition) is 3. The number of hydrogen-bond acceptors (Lipinski definition) is 3. The number of para-hydroxylation sites is 2. The molecule has 0 saturated heterocycles. The normalized spacial score (nSPS) is 12.3. The Hall–Kier alpha value is -2.29. The van der Waals surface area contributed by atoms with Crippen LogP contribution >= 0.6 is 24.0 Å². The van der Waals surface area contributed by atoms with Crippen molar-refractivity contribution in [3.8, 4) is 5.75 Å². The highest BCUT2D eigenvalue weighted by atomic mass is 127. The highest BCUT2D eigenvalue weighted by Crippen LogP contribution is 2.14. The van der Waals surface area contributed by atoms with Gasteiger partial charge in [0.25, 0.3) is 0 Å². The van der Waals surface area contributed by atoms with Crippen LogP contribution in [0.4, 0.5) is 0 Å². The number of nitrogens with one attached hydrogen (secondary N) is 3. The van der Waals surface area contributed by atoms with Crippen molar-refractivity contribution in [1.82, 2.24) is 20.6 Å². The lowest BCUT2D eigenvalue weighted by Gasteiger charge is -2.18. The highest BCUT2D eigenvalue weighted by molar-refractivity contribution is 14.0. The Morgan fingerprint density at radius 1 is 1.18 bits per heavy atom. The Morgan fingerprint density at radius 3 is 2.75 bits per heavy atom. The monoisotopic (exact) mass is 493 g/mol. The lowest BCUT2D eigenvalue weighted by molar-refractivity contribution is 0.223. The molecule has 3 N–H and O–H groups in total. The van der Waals surface area contributed by atoms with Gasteiger partial charge in [0.15, 0.2) is 5.96 Å². The number of fused-ring (bicyclic) bond motifs is 1. The number of rotatable bonds is 7. The number of nitrogens with zero attached hydrogens (tertiary/aromatic N) is 2. The number of aromatic nitrogens is 2. The fourth-order valence-electron chi connectivity index (χ4n) is 2.85. The molecular weight excluding hydrogens is 465 g/mol. The summed E-state index contributed by atoms with van der Waals surface area (Å²) in [5.74, 6) is 2.61. The molecule has 1 atom stereocenters. The molecule has 0 aliphatic carbocycles. The third kappa shape index (κ3) is 6.40. The van der Waals surface area contributed by atoms with Crippen molar-refractivity contribution < 1.29 is 4.74 Å². The quantitative estimate of drug-likeness (QED) is 0.267. The van der Waals surface area contributed by atoms with E-state index in [1.165, 1.54) is 5.56 Å². The first-order chi connectivity index (χ1) is 13.1. The molecule has 0 radical (unpaired) electrons. The van der Waals surface area contributed by atoms with Crippen LogP contribution < -0.4 is 15.4 Å². The van der Waals surface area contributed by atoms with Crippen molar-refractivity contribution in [2.75, 3.05) is 20.1 Å². The second-order valence-electron chi connectivity index (χ2n) is 6.58. The van der Waals surface area contributed by atoms with E-state index in [1.807, 2.05) is 49.4 Å². The lowest BCUT2D eigenvalue weighted by atomic mass is 10.2. The molecule has 28 heavy (non-hydrogen) atoms. The fourth-order valence-corrected chi connectivity index (χ4v) is 2.85. The number of imidazole rings is 1. The third-order valence-corrected chi connectivity index (χ3v) is 4.20. The molecule has 0 spiro atoms. The van der Waals surface area contributed by atoms with Crippen molar-refractivity contribution in [3.05, 3.63) is 59.9 Å². The molecule has 0 bridgehead atoms. The zero-order chi connectivity index (χ0) is 19.1. The molecule has 0 saturated carbocycles. The number of aromatic amines is 1. The Balaban J connectivity index is 0.00000280. The second kappa shape index (κ2) is 10.9. The molecule has 0 aliphatic heterocycles. The Kier molecular flexibility index (Phi) is 8.56. The van der Waals surface area contributed by atoms with E-state index in [2.05, 4.69) is 38.6 Å². The van der Waals surface area contributed by atoms with Crippen LogP contribution in [0.3, 0.4) is 0 Å². The fraction of sp³-hybridized carbons (Fsp3) is 0.333. The minimum atomic E-state index is 0. The van der Waals surface area contributed by atoms with Gasteiger partial charge in [-0.3, -0.25) is 4.99 Å². The first-order valence-electron chi connectivity index (χ1n) is 9.25. The molecule has 6 nitrogen and oxygen atoms in total. The summed E-state index contributed by atoms with van der Waals surface area (Å²) in [6.07, 6.45) is 0.825. The summed E-state index contributed by atoms with van der Waals surface area (Å²) in [4.78, 5) is 12.2. The number of H-pyrrole nitrogens is 1. The average Bonchev–Trinajstić information content (AvgIpc) is 3.07. The topological polar surface area (TPSA) is 74.3 Å². The maximum Gasteiger partial charge on any atom is 0.191 e. The van der Waals surface area contributed by atoms with Crippen LogP contribution in [0.2, 0.25) is 0 Å². The number of aliphatic imine (C=N–C) groups is 1. The van der Waals surface area contributed by atoms with Crippen LogP contribution in [0, 0.1) is 6.92 Å². The van der Waals surface area contributed by atoms with Gasteiger partial charge >= 0.3 is 0 Å². The predicted octanol–water partition coefficient (Wildman–Crippen LogP) is 3.66. The number of aryl methyl sites for hydroxylation is 1. The van der Waals surface area contributed by atoms with Gasteiger partial charge in [0.05, 0.1) is 17.6 Å². The largest absolute Gasteiger partial charge is 0.489 e. The Bertz CT molecular complexity index is 875. The molecule has 0 amide bonds. The molecule has 1 unspecified atom stereocenters. The standard InChI is InChI=1S/C21H27N5O.HI/c1-15-7-6-8-17(13-15)27-16(2)14-24-21(22-3)23-12-11-20-25-18-9-4-5-10-19(18)26-20;/h4-10,13,16H,11-12,14H2,1-3H3,(H,25,26)(H2,22,23,24);1H. The van der Waals surface area contributed by atoms with E-state index >= 15 is 0 Å². The van der Waals surface area contributed by atoms with Gasteiger partial charge in [-0.15, -0.1) is 24.0 Å². The summed E-state index contributed by atoms with van der Waals surface area (Å²) >= 11 is 0. The second-order valence-corrected chi connectivity index (χ2v) is 6.58. The molecule has 1 heterocycles. The predicted molar refractivity (Wildman–Crippen MR) is 126 cm³/mol. The number of guanidine groups is 1. The molecule has 2 aromatic carbocycles. The van der Waals surface area contributed by atoms with E-state index in [4.69, 9.17) is 4.74 Å². The zero-order valence-corrected chi connectivity index (χ0v) is 18.9. The summed E-state index contributed by atoms with van der Waals surface area (Å²) in [6.45, 7) is 5.51. The summed E-state index contributed by atoms with van der Waals surface area (Å²) in [5.41, 5.74) is 3.25. The van der Waals surface area contributed by atoms with Gasteiger partial charge in [-0.2, -0.15) is 0 Å². The first kappa shape index (κ1) is 22.0. The third-order valence-electron chi connectivity index (χ3n) is 4.20. The van der Waals surface area contributed by atoms with Crippen LogP contribution in [0.25, 0.3) is 11.0 Å². The lowest BCUT2D eigenvalue weighted by Crippen LogP contribution is -2.42. The van der Waals surface area contributed by atoms with Gasteiger partial charge in [-0.05, 0) is 43.7 Å². The van der Waals surface area contributed by atoms with Crippen molar-refractivity contribution in [2.45, 2.75) is 26.4 Å². The van der Waals surface area contributed by atoms with Crippen LogP contribution in [-0.2, 0) is 6.42 Å². The number of halogens is 1. The highest BCUT2D eigenvalue weighted by Gasteiger charge is 2.07. The molecular formula is C21H28IN5O. The number of ether oxygens (including phenoxy) is 1. The first-order valence-corrected chi connectivity index (χ1v) is 9.25. The van der Waals surface area contributed by atoms with Crippen LogP contribution in [0.1, 0.15) is 18.3 Å². The molecule has 1 aromatic heterocycles. The number of benzene rings is 2. The summed E-state index contributed by atoms with van der Waals surface area (Å²) in [7, 11) is 1.77. The van der Waals surface area contributed by atoms with E-state index in [9.17, 15) is 0 Å². The van der Waals surface area contributed by atoms with Crippen molar-refractivity contribution in [2.24, 2.45) is 4.99 Å². The Labute approximate surface area is 183 Å². The van der Waals surface area contributed by atoms with E-state index in [0.29, 0.717) is 6.54 Å². The summed E-state index contributed by atoms with van der Waals surface area (Å²) < 4.78 is 5.94. The SMILES string of the molecule is CN=C(NCCc1nc2ccccc2[nH]1)NCC(C)Oc1cccc(C)c1.I. The van der Waals surface area contributed by atoms with Gasteiger partial charge in [0.2, 0.25) is 0 Å². The van der Waals surface area contributed by atoms with E-state index in [-0.39, 0.29) is 30.1 Å². The van der Waals surface area contributed by atoms with Gasteiger partial charge in [-0.1, -0.05) is 24.3 Å². The van der Waals surface area contributed by atoms with Crippen LogP contribution in [0.15, 0.2) is 53.5 Å².